The van der Waals surface area contributed by atoms with Gasteiger partial charge in [0.15, 0.2) is 23.2 Å². The lowest BCUT2D eigenvalue weighted by Crippen LogP contribution is -2.21. The molecule has 4 rings (SSSR count). The first-order valence-electron chi connectivity index (χ1n) is 12.4. The van der Waals surface area contributed by atoms with Crippen molar-refractivity contribution in [3.63, 3.8) is 0 Å². The van der Waals surface area contributed by atoms with Crippen LogP contribution < -0.4 is 4.74 Å². The molecule has 0 saturated heterocycles. The molecule has 0 spiro atoms. The van der Waals surface area contributed by atoms with E-state index in [1.807, 2.05) is 6.92 Å². The van der Waals surface area contributed by atoms with E-state index in [1.165, 1.54) is 18.2 Å². The Morgan fingerprint density at radius 1 is 0.722 bits per heavy atom. The molecule has 0 heterocycles. The summed E-state index contributed by atoms with van der Waals surface area (Å²) in [7, 11) is 0. The number of ether oxygens (including phenoxy) is 2. The Kier molecular flexibility index (Phi) is 8.47. The minimum atomic E-state index is -1.03. The zero-order valence-corrected chi connectivity index (χ0v) is 20.5. The molecule has 0 N–H and O–H groups in total. The van der Waals surface area contributed by atoms with Gasteiger partial charge in [0, 0.05) is 17.7 Å². The maximum Gasteiger partial charge on any atom is 0.201 e. The van der Waals surface area contributed by atoms with Gasteiger partial charge in [0.05, 0.1) is 12.7 Å². The summed E-state index contributed by atoms with van der Waals surface area (Å²) in [6.45, 7) is 4.56. The average Bonchev–Trinajstić information content (AvgIpc) is 2.89. The van der Waals surface area contributed by atoms with Gasteiger partial charge in [-0.15, -0.1) is 0 Å². The van der Waals surface area contributed by atoms with Crippen LogP contribution >= 0.6 is 0 Å². The molecule has 0 bridgehead atoms. The summed E-state index contributed by atoms with van der Waals surface area (Å²) in [4.78, 5) is 0. The van der Waals surface area contributed by atoms with Gasteiger partial charge in [-0.2, -0.15) is 4.39 Å². The lowest BCUT2D eigenvalue weighted by molar-refractivity contribution is 0.0325. The van der Waals surface area contributed by atoms with Gasteiger partial charge in [-0.3, -0.25) is 0 Å². The predicted octanol–water partition coefficient (Wildman–Crippen LogP) is 8.54. The third-order valence-corrected chi connectivity index (χ3v) is 6.68. The van der Waals surface area contributed by atoms with Gasteiger partial charge in [0.2, 0.25) is 5.82 Å². The van der Waals surface area contributed by atoms with Crippen LogP contribution in [0.2, 0.25) is 0 Å². The SMILES string of the molecule is CCOc1ccc(/C=C/c2ccc(-c3ccc(C4CCC(OCC)CC4)c(F)c3F)cc2)c(F)c1F. The van der Waals surface area contributed by atoms with E-state index in [2.05, 4.69) is 0 Å². The summed E-state index contributed by atoms with van der Waals surface area (Å²) in [6, 6.07) is 12.9. The smallest absolute Gasteiger partial charge is 0.201 e. The molecule has 2 nitrogen and oxygen atoms in total. The molecule has 0 radical (unpaired) electrons. The van der Waals surface area contributed by atoms with Gasteiger partial charge in [-0.25, -0.2) is 13.2 Å². The van der Waals surface area contributed by atoms with Gasteiger partial charge >= 0.3 is 0 Å². The molecule has 0 aromatic heterocycles. The van der Waals surface area contributed by atoms with E-state index in [4.69, 9.17) is 9.47 Å². The number of hydrogen-bond acceptors (Lipinski definition) is 2. The molecule has 3 aromatic carbocycles. The molecular formula is C30H30F4O2. The molecule has 190 valence electrons. The fourth-order valence-corrected chi connectivity index (χ4v) is 4.78. The molecule has 36 heavy (non-hydrogen) atoms. The number of hydrogen-bond donors (Lipinski definition) is 0. The molecule has 1 aliphatic carbocycles. The van der Waals surface area contributed by atoms with Crippen LogP contribution in [0.15, 0.2) is 48.5 Å². The highest BCUT2D eigenvalue weighted by atomic mass is 19.2. The Balaban J connectivity index is 1.48. The third kappa shape index (κ3) is 5.65. The van der Waals surface area contributed by atoms with E-state index in [9.17, 15) is 8.78 Å². The highest BCUT2D eigenvalue weighted by Gasteiger charge is 2.26. The van der Waals surface area contributed by atoms with E-state index >= 15 is 8.78 Å². The van der Waals surface area contributed by atoms with Gasteiger partial charge in [-0.05, 0) is 74.3 Å². The molecular weight excluding hydrogens is 468 g/mol. The molecule has 0 amide bonds. The van der Waals surface area contributed by atoms with Crippen LogP contribution in [-0.4, -0.2) is 19.3 Å². The molecule has 0 atom stereocenters. The van der Waals surface area contributed by atoms with Crippen LogP contribution in [0.25, 0.3) is 23.3 Å². The van der Waals surface area contributed by atoms with E-state index in [1.54, 1.807) is 49.4 Å². The van der Waals surface area contributed by atoms with Crippen LogP contribution in [-0.2, 0) is 4.74 Å². The standard InChI is InChI=1S/C30H30F4O2/c1-3-35-23-14-11-21(12-15-23)25-17-16-24(28(32)29(25)33)20-8-5-19(6-9-20)7-10-22-13-18-26(36-4-2)30(34)27(22)31/h5-10,13,16-18,21,23H,3-4,11-12,14-15H2,1-2H3/b10-7+. The molecule has 1 fully saturated rings. The van der Waals surface area contributed by atoms with Crippen molar-refractivity contribution in [2.45, 2.75) is 51.6 Å². The van der Waals surface area contributed by atoms with Gasteiger partial charge in [0.25, 0.3) is 0 Å². The third-order valence-electron chi connectivity index (χ3n) is 6.68. The van der Waals surface area contributed by atoms with Gasteiger partial charge in [-0.1, -0.05) is 48.6 Å². The van der Waals surface area contributed by atoms with Gasteiger partial charge in [0.1, 0.15) is 0 Å². The zero-order chi connectivity index (χ0) is 25.7. The monoisotopic (exact) mass is 498 g/mol. The molecule has 0 aliphatic heterocycles. The van der Waals surface area contributed by atoms with Crippen molar-refractivity contribution in [3.8, 4) is 16.9 Å². The van der Waals surface area contributed by atoms with Crippen molar-refractivity contribution in [1.82, 2.24) is 0 Å². The fourth-order valence-electron chi connectivity index (χ4n) is 4.78. The second-order valence-electron chi connectivity index (χ2n) is 8.93. The van der Waals surface area contributed by atoms with Crippen molar-refractivity contribution in [2.75, 3.05) is 13.2 Å². The summed E-state index contributed by atoms with van der Waals surface area (Å²) in [5.74, 6) is -3.80. The predicted molar refractivity (Wildman–Crippen MR) is 135 cm³/mol. The van der Waals surface area contributed by atoms with E-state index < -0.39 is 23.3 Å². The Hall–Kier alpha value is -3.12. The van der Waals surface area contributed by atoms with Crippen LogP contribution in [0.4, 0.5) is 17.6 Å². The average molecular weight is 499 g/mol. The molecule has 3 aromatic rings. The van der Waals surface area contributed by atoms with Crippen LogP contribution in [0, 0.1) is 23.3 Å². The van der Waals surface area contributed by atoms with Crippen molar-refractivity contribution < 1.29 is 27.0 Å². The lowest BCUT2D eigenvalue weighted by Gasteiger charge is -2.29. The highest BCUT2D eigenvalue weighted by molar-refractivity contribution is 5.73. The Morgan fingerprint density at radius 2 is 1.44 bits per heavy atom. The topological polar surface area (TPSA) is 18.5 Å². The lowest BCUT2D eigenvalue weighted by atomic mass is 9.82. The van der Waals surface area contributed by atoms with Crippen molar-refractivity contribution in [1.29, 1.82) is 0 Å². The molecule has 6 heteroatoms. The summed E-state index contributed by atoms with van der Waals surface area (Å²) < 4.78 is 69.1. The van der Waals surface area contributed by atoms with Crippen molar-refractivity contribution >= 4 is 12.2 Å². The second kappa shape index (κ2) is 11.7. The Bertz CT molecular complexity index is 1210. The van der Waals surface area contributed by atoms with Crippen LogP contribution in [0.1, 0.15) is 62.1 Å². The number of rotatable bonds is 8. The highest BCUT2D eigenvalue weighted by Crippen LogP contribution is 2.38. The zero-order valence-electron chi connectivity index (χ0n) is 20.5. The maximum absolute atomic E-state index is 15.0. The minimum Gasteiger partial charge on any atom is -0.491 e. The summed E-state index contributed by atoms with van der Waals surface area (Å²) in [5, 5.41) is 0. The van der Waals surface area contributed by atoms with Crippen LogP contribution in [0.5, 0.6) is 5.75 Å². The van der Waals surface area contributed by atoms with Gasteiger partial charge < -0.3 is 9.47 Å². The first-order valence-corrected chi connectivity index (χ1v) is 12.4. The second-order valence-corrected chi connectivity index (χ2v) is 8.93. The van der Waals surface area contributed by atoms with E-state index in [0.717, 1.165) is 25.7 Å². The number of halogens is 4. The van der Waals surface area contributed by atoms with Crippen molar-refractivity contribution in [3.05, 3.63) is 88.5 Å². The fraction of sp³-hybridized carbons (Fsp3) is 0.333. The number of benzene rings is 3. The molecule has 1 aliphatic rings. The molecule has 0 unspecified atom stereocenters. The quantitative estimate of drug-likeness (QED) is 0.229. The Labute approximate surface area is 209 Å². The minimum absolute atomic E-state index is 0.00870. The van der Waals surface area contributed by atoms with E-state index in [0.29, 0.717) is 23.3 Å². The van der Waals surface area contributed by atoms with Crippen molar-refractivity contribution in [2.24, 2.45) is 0 Å². The first-order chi connectivity index (χ1) is 17.4. The first kappa shape index (κ1) is 26.0. The molecule has 1 saturated carbocycles. The summed E-state index contributed by atoms with van der Waals surface area (Å²) in [6.07, 6.45) is 6.54. The summed E-state index contributed by atoms with van der Waals surface area (Å²) in [5.41, 5.74) is 1.94. The normalized spacial score (nSPS) is 18.1. The largest absolute Gasteiger partial charge is 0.491 e. The Morgan fingerprint density at radius 3 is 2.11 bits per heavy atom. The summed E-state index contributed by atoms with van der Waals surface area (Å²) >= 11 is 0. The van der Waals surface area contributed by atoms with Crippen LogP contribution in [0.3, 0.4) is 0 Å². The maximum atomic E-state index is 15.0. The van der Waals surface area contributed by atoms with E-state index in [-0.39, 0.29) is 35.5 Å².